The van der Waals surface area contributed by atoms with Crippen LogP contribution in [0.15, 0.2) is 0 Å². The third-order valence-corrected chi connectivity index (χ3v) is 2.57. The van der Waals surface area contributed by atoms with Gasteiger partial charge >= 0.3 is 7.60 Å². The predicted octanol–water partition coefficient (Wildman–Crippen LogP) is 1.89. The smallest absolute Gasteiger partial charge is 0.293 e. The Balaban J connectivity index is 4.20. The normalized spacial score (nSPS) is 19.2. The summed E-state index contributed by atoms with van der Waals surface area (Å²) in [7, 11) is -3.12. The molecule has 0 spiro atoms. The molecule has 72 valence electrons. The molecule has 0 aromatic heterocycles. The Kier molecular flexibility index (Phi) is 4.81. The minimum atomic E-state index is -3.12. The van der Waals surface area contributed by atoms with E-state index < -0.39 is 19.8 Å². The fraction of sp³-hybridized carbons (Fsp3) is 0.556. The molecule has 2 atom stereocenters. The average molecular weight is 200 g/mol. The summed E-state index contributed by atoms with van der Waals surface area (Å²) < 4.78 is 21.4. The first-order valence-corrected chi connectivity index (χ1v) is 5.77. The Morgan fingerprint density at radius 1 is 1.15 bits per heavy atom. The zero-order valence-electron chi connectivity index (χ0n) is 7.98. The van der Waals surface area contributed by atoms with Crippen molar-refractivity contribution in [1.82, 2.24) is 0 Å². The highest BCUT2D eigenvalue weighted by Gasteiger charge is 2.21. The van der Waals surface area contributed by atoms with Crippen LogP contribution in [0.3, 0.4) is 0 Å². The van der Waals surface area contributed by atoms with Gasteiger partial charge in [-0.15, -0.1) is 12.8 Å². The lowest BCUT2D eigenvalue weighted by molar-refractivity contribution is 0.175. The van der Waals surface area contributed by atoms with Crippen LogP contribution in [0.2, 0.25) is 0 Å². The summed E-state index contributed by atoms with van der Waals surface area (Å²) in [6.45, 7) is 4.56. The van der Waals surface area contributed by atoms with E-state index in [1.165, 1.54) is 6.66 Å². The topological polar surface area (TPSA) is 35.5 Å². The first-order chi connectivity index (χ1) is 5.91. The monoisotopic (exact) mass is 200 g/mol. The summed E-state index contributed by atoms with van der Waals surface area (Å²) in [6, 6.07) is 0. The molecule has 0 fully saturated rings. The van der Waals surface area contributed by atoms with Crippen molar-refractivity contribution in [1.29, 1.82) is 0 Å². The van der Waals surface area contributed by atoms with E-state index in [9.17, 15) is 4.57 Å². The molecule has 13 heavy (non-hydrogen) atoms. The molecule has 4 heteroatoms. The Morgan fingerprint density at radius 3 is 1.69 bits per heavy atom. The minimum absolute atomic E-state index is 0.541. The van der Waals surface area contributed by atoms with Gasteiger partial charge in [-0.3, -0.25) is 13.6 Å². The molecule has 3 nitrogen and oxygen atoms in total. The summed E-state index contributed by atoms with van der Waals surface area (Å²) >= 11 is 0. The highest BCUT2D eigenvalue weighted by molar-refractivity contribution is 7.53. The van der Waals surface area contributed by atoms with Gasteiger partial charge in [-0.05, 0) is 13.8 Å². The van der Waals surface area contributed by atoms with Crippen LogP contribution in [-0.4, -0.2) is 18.9 Å². The van der Waals surface area contributed by atoms with Crippen molar-refractivity contribution in [2.24, 2.45) is 0 Å². The molecular formula is C9H13O3P. The second-order valence-electron chi connectivity index (χ2n) is 2.60. The van der Waals surface area contributed by atoms with Gasteiger partial charge in [0.15, 0.2) is 0 Å². The van der Waals surface area contributed by atoms with E-state index in [0.717, 1.165) is 0 Å². The van der Waals surface area contributed by atoms with Gasteiger partial charge in [0.25, 0.3) is 0 Å². The van der Waals surface area contributed by atoms with Crippen LogP contribution < -0.4 is 0 Å². The van der Waals surface area contributed by atoms with E-state index in [1.54, 1.807) is 13.8 Å². The molecule has 0 aliphatic heterocycles. The summed E-state index contributed by atoms with van der Waals surface area (Å²) in [5, 5.41) is 0. The maximum absolute atomic E-state index is 11.5. The third-order valence-electron chi connectivity index (χ3n) is 1.17. The van der Waals surface area contributed by atoms with Crippen LogP contribution in [0.25, 0.3) is 0 Å². The van der Waals surface area contributed by atoms with Crippen molar-refractivity contribution in [3.63, 3.8) is 0 Å². The van der Waals surface area contributed by atoms with E-state index in [1.807, 2.05) is 0 Å². The summed E-state index contributed by atoms with van der Waals surface area (Å²) in [4.78, 5) is 0. The molecular weight excluding hydrogens is 187 g/mol. The first-order valence-electron chi connectivity index (χ1n) is 3.78. The minimum Gasteiger partial charge on any atom is -0.293 e. The molecule has 0 aromatic carbocycles. The fourth-order valence-electron chi connectivity index (χ4n) is 0.660. The second-order valence-corrected chi connectivity index (χ2v) is 4.56. The number of rotatable bonds is 4. The number of hydrogen-bond acceptors (Lipinski definition) is 3. The van der Waals surface area contributed by atoms with Gasteiger partial charge in [0.05, 0.1) is 0 Å². The molecule has 0 amide bonds. The summed E-state index contributed by atoms with van der Waals surface area (Å²) in [5.41, 5.74) is 0. The van der Waals surface area contributed by atoms with Crippen LogP contribution in [0, 0.1) is 24.7 Å². The van der Waals surface area contributed by atoms with E-state index in [2.05, 4.69) is 11.8 Å². The van der Waals surface area contributed by atoms with Gasteiger partial charge in [0.1, 0.15) is 12.2 Å². The molecule has 0 bridgehead atoms. The van der Waals surface area contributed by atoms with Crippen LogP contribution in [0.4, 0.5) is 0 Å². The summed E-state index contributed by atoms with van der Waals surface area (Å²) in [6.07, 6.45) is 9.02. The third kappa shape index (κ3) is 5.50. The molecule has 0 aromatic rings. The molecule has 0 aliphatic carbocycles. The van der Waals surface area contributed by atoms with E-state index >= 15 is 0 Å². The molecule has 0 heterocycles. The lowest BCUT2D eigenvalue weighted by Gasteiger charge is -2.17. The van der Waals surface area contributed by atoms with Crippen molar-refractivity contribution in [3.05, 3.63) is 0 Å². The first kappa shape index (κ1) is 12.3. The number of terminal acetylenes is 2. The van der Waals surface area contributed by atoms with Gasteiger partial charge in [-0.2, -0.15) is 0 Å². The zero-order valence-corrected chi connectivity index (χ0v) is 8.88. The molecule has 0 radical (unpaired) electrons. The standard InChI is InChI=1S/C9H13O3P/c1-6-8(3)11-13(5,10)12-9(4)7-2/h1-2,8-9H,3-5H3. The quantitative estimate of drug-likeness (QED) is 0.513. The molecule has 0 saturated carbocycles. The molecule has 0 rings (SSSR count). The zero-order chi connectivity index (χ0) is 10.5. The van der Waals surface area contributed by atoms with Crippen LogP contribution in [-0.2, 0) is 13.6 Å². The lowest BCUT2D eigenvalue weighted by Crippen LogP contribution is -2.09. The Morgan fingerprint density at radius 2 is 1.46 bits per heavy atom. The van der Waals surface area contributed by atoms with E-state index in [-0.39, 0.29) is 0 Å². The molecule has 0 aliphatic rings. The molecule has 0 saturated heterocycles. The SMILES string of the molecule is C#CC(C)OP(C)(=O)OC(C)C#C. The summed E-state index contributed by atoms with van der Waals surface area (Å²) in [5.74, 6) is 4.57. The van der Waals surface area contributed by atoms with Crippen molar-refractivity contribution >= 4 is 7.60 Å². The van der Waals surface area contributed by atoms with Crippen molar-refractivity contribution < 1.29 is 13.6 Å². The van der Waals surface area contributed by atoms with Crippen molar-refractivity contribution in [2.75, 3.05) is 6.66 Å². The van der Waals surface area contributed by atoms with Crippen LogP contribution in [0.1, 0.15) is 13.8 Å². The van der Waals surface area contributed by atoms with Crippen molar-refractivity contribution in [3.8, 4) is 24.7 Å². The highest BCUT2D eigenvalue weighted by atomic mass is 31.2. The Labute approximate surface area is 79.3 Å². The van der Waals surface area contributed by atoms with E-state index in [0.29, 0.717) is 0 Å². The molecule has 0 N–H and O–H groups in total. The van der Waals surface area contributed by atoms with Gasteiger partial charge < -0.3 is 0 Å². The predicted molar refractivity (Wildman–Crippen MR) is 52.3 cm³/mol. The average Bonchev–Trinajstić information content (AvgIpc) is 2.02. The van der Waals surface area contributed by atoms with E-state index in [4.69, 9.17) is 21.9 Å². The van der Waals surface area contributed by atoms with Gasteiger partial charge in [0.2, 0.25) is 0 Å². The highest BCUT2D eigenvalue weighted by Crippen LogP contribution is 2.46. The Hall–Kier alpha value is -0.730. The lowest BCUT2D eigenvalue weighted by atomic mass is 10.4. The maximum Gasteiger partial charge on any atom is 0.330 e. The van der Waals surface area contributed by atoms with Gasteiger partial charge in [0, 0.05) is 6.66 Å². The molecule has 2 unspecified atom stereocenters. The van der Waals surface area contributed by atoms with Gasteiger partial charge in [-0.25, -0.2) is 0 Å². The van der Waals surface area contributed by atoms with Crippen LogP contribution in [0.5, 0.6) is 0 Å². The second kappa shape index (κ2) is 5.10. The van der Waals surface area contributed by atoms with Crippen LogP contribution >= 0.6 is 7.60 Å². The van der Waals surface area contributed by atoms with Crippen molar-refractivity contribution in [2.45, 2.75) is 26.1 Å². The maximum atomic E-state index is 11.5. The largest absolute Gasteiger partial charge is 0.330 e. The van der Waals surface area contributed by atoms with Gasteiger partial charge in [-0.1, -0.05) is 11.8 Å². The number of hydrogen-bond donors (Lipinski definition) is 0. The Bertz CT molecular complexity index is 258. The fourth-order valence-corrected chi connectivity index (χ4v) is 1.98.